The third kappa shape index (κ3) is 1.89. The topological polar surface area (TPSA) is 93.9 Å². The Kier molecular flexibility index (Phi) is 2.70. The van der Waals surface area contributed by atoms with Crippen LogP contribution in [0.25, 0.3) is 5.65 Å². The number of nitrogens with zero attached hydrogens (tertiary/aromatic N) is 4. The largest absolute Gasteiger partial charge is 0.367 e. The van der Waals surface area contributed by atoms with Crippen LogP contribution >= 0.6 is 0 Å². The third-order valence-corrected chi connectivity index (χ3v) is 3.47. The van der Waals surface area contributed by atoms with Gasteiger partial charge in [-0.1, -0.05) is 17.2 Å². The number of hydroxylamine groups is 2. The Balaban J connectivity index is 1.67. The first-order valence-electron chi connectivity index (χ1n) is 6.65. The average Bonchev–Trinajstić information content (AvgIpc) is 3.14. The van der Waals surface area contributed by atoms with Crippen molar-refractivity contribution >= 4 is 23.4 Å². The second-order valence-corrected chi connectivity index (χ2v) is 4.81. The molecule has 3 aromatic rings. The minimum atomic E-state index is -0.863. The maximum atomic E-state index is 12.3. The summed E-state index contributed by atoms with van der Waals surface area (Å²) in [6.45, 7) is 0. The van der Waals surface area contributed by atoms with E-state index in [2.05, 4.69) is 10.2 Å². The highest BCUT2D eigenvalue weighted by Crippen LogP contribution is 2.23. The van der Waals surface area contributed by atoms with Crippen molar-refractivity contribution in [2.45, 2.75) is 0 Å². The van der Waals surface area contributed by atoms with Crippen LogP contribution < -0.4 is 0 Å². The van der Waals surface area contributed by atoms with Gasteiger partial charge in [0, 0.05) is 6.20 Å². The van der Waals surface area contributed by atoms with Crippen LogP contribution in [-0.2, 0) is 4.84 Å². The van der Waals surface area contributed by atoms with Crippen LogP contribution in [0.4, 0.5) is 0 Å². The number of hydrogen-bond acceptors (Lipinski definition) is 6. The zero-order valence-electron chi connectivity index (χ0n) is 11.5. The van der Waals surface area contributed by atoms with E-state index in [1.807, 2.05) is 0 Å². The summed E-state index contributed by atoms with van der Waals surface area (Å²) < 4.78 is 1.53. The van der Waals surface area contributed by atoms with E-state index in [0.29, 0.717) is 5.06 Å². The molecule has 2 amide bonds. The molecule has 1 aromatic carbocycles. The fourth-order valence-corrected chi connectivity index (χ4v) is 2.39. The molecule has 0 spiro atoms. The van der Waals surface area contributed by atoms with Crippen molar-refractivity contribution in [3.63, 3.8) is 0 Å². The van der Waals surface area contributed by atoms with Gasteiger partial charge in [-0.2, -0.15) is 0 Å². The van der Waals surface area contributed by atoms with Gasteiger partial charge in [-0.15, -0.1) is 10.2 Å². The van der Waals surface area contributed by atoms with Crippen LogP contribution in [0.5, 0.6) is 0 Å². The Morgan fingerprint density at radius 2 is 1.70 bits per heavy atom. The number of aromatic nitrogens is 3. The molecule has 4 rings (SSSR count). The lowest BCUT2D eigenvalue weighted by atomic mass is 10.1. The monoisotopic (exact) mass is 308 g/mol. The Morgan fingerprint density at radius 1 is 1.00 bits per heavy atom. The molecule has 23 heavy (non-hydrogen) atoms. The van der Waals surface area contributed by atoms with Crippen molar-refractivity contribution in [3.8, 4) is 0 Å². The molecule has 0 N–H and O–H groups in total. The Hall–Kier alpha value is -3.55. The predicted molar refractivity (Wildman–Crippen MR) is 75.3 cm³/mol. The molecule has 3 heterocycles. The molecule has 2 aromatic heterocycles. The molecule has 0 fully saturated rings. The maximum absolute atomic E-state index is 12.3. The van der Waals surface area contributed by atoms with Gasteiger partial charge in [-0.05, 0) is 24.3 Å². The number of carbonyl (C=O) groups is 3. The molecule has 0 aliphatic carbocycles. The normalized spacial score (nSPS) is 13.5. The number of benzene rings is 1. The van der Waals surface area contributed by atoms with E-state index < -0.39 is 17.8 Å². The van der Waals surface area contributed by atoms with Gasteiger partial charge in [0.15, 0.2) is 5.65 Å². The standard InChI is InChI=1S/C15H8N4O4/c20-13-9-4-1-2-5-10(9)14(21)19(13)23-15(22)11-6-3-7-18-8-16-17-12(11)18/h1-8H. The number of amides is 2. The van der Waals surface area contributed by atoms with E-state index in [-0.39, 0.29) is 22.3 Å². The van der Waals surface area contributed by atoms with E-state index in [1.165, 1.54) is 28.9 Å². The van der Waals surface area contributed by atoms with Crippen molar-refractivity contribution in [1.82, 2.24) is 19.7 Å². The van der Waals surface area contributed by atoms with Crippen LogP contribution in [0.3, 0.4) is 0 Å². The molecule has 8 heteroatoms. The molecule has 0 atom stereocenters. The lowest BCUT2D eigenvalue weighted by molar-refractivity contribution is -0.0583. The van der Waals surface area contributed by atoms with E-state index in [0.717, 1.165) is 0 Å². The fourth-order valence-electron chi connectivity index (χ4n) is 2.39. The summed E-state index contributed by atoms with van der Waals surface area (Å²) in [7, 11) is 0. The van der Waals surface area contributed by atoms with Crippen molar-refractivity contribution in [1.29, 1.82) is 0 Å². The number of pyridine rings is 1. The lowest BCUT2D eigenvalue weighted by Crippen LogP contribution is -2.32. The highest BCUT2D eigenvalue weighted by Gasteiger charge is 2.39. The first-order valence-corrected chi connectivity index (χ1v) is 6.65. The predicted octanol–water partition coefficient (Wildman–Crippen LogP) is 1.10. The highest BCUT2D eigenvalue weighted by molar-refractivity contribution is 6.21. The molecule has 0 bridgehead atoms. The Bertz CT molecular complexity index is 943. The van der Waals surface area contributed by atoms with Gasteiger partial charge in [-0.3, -0.25) is 14.0 Å². The summed E-state index contributed by atoms with van der Waals surface area (Å²) in [5.74, 6) is -2.21. The van der Waals surface area contributed by atoms with Crippen LogP contribution in [0.1, 0.15) is 31.1 Å². The second kappa shape index (κ2) is 4.73. The molecule has 8 nitrogen and oxygen atoms in total. The molecule has 112 valence electrons. The quantitative estimate of drug-likeness (QED) is 0.658. The molecule has 0 unspecified atom stereocenters. The number of hydrogen-bond donors (Lipinski definition) is 0. The van der Waals surface area contributed by atoms with Gasteiger partial charge < -0.3 is 4.84 Å². The van der Waals surface area contributed by atoms with E-state index in [1.54, 1.807) is 24.4 Å². The summed E-state index contributed by atoms with van der Waals surface area (Å²) >= 11 is 0. The molecule has 1 aliphatic rings. The zero-order valence-corrected chi connectivity index (χ0v) is 11.5. The number of imide groups is 1. The molecular weight excluding hydrogens is 300 g/mol. The first kappa shape index (κ1) is 13.1. The Labute approximate surface area is 128 Å². The Morgan fingerprint density at radius 3 is 2.39 bits per heavy atom. The third-order valence-electron chi connectivity index (χ3n) is 3.47. The molecule has 0 radical (unpaired) electrons. The van der Waals surface area contributed by atoms with Crippen molar-refractivity contribution < 1.29 is 19.2 Å². The van der Waals surface area contributed by atoms with Crippen molar-refractivity contribution in [2.24, 2.45) is 0 Å². The van der Waals surface area contributed by atoms with Crippen LogP contribution in [0, 0.1) is 0 Å². The van der Waals surface area contributed by atoms with Gasteiger partial charge in [0.2, 0.25) is 0 Å². The minimum absolute atomic E-state index is 0.0987. The minimum Gasteiger partial charge on any atom is -0.324 e. The molecular formula is C15H8N4O4. The van der Waals surface area contributed by atoms with Gasteiger partial charge >= 0.3 is 5.97 Å². The summed E-state index contributed by atoms with van der Waals surface area (Å²) in [5, 5.41) is 7.98. The van der Waals surface area contributed by atoms with E-state index in [4.69, 9.17) is 4.84 Å². The zero-order chi connectivity index (χ0) is 16.0. The lowest BCUT2D eigenvalue weighted by Gasteiger charge is -2.12. The van der Waals surface area contributed by atoms with Gasteiger partial charge in [0.25, 0.3) is 11.8 Å². The van der Waals surface area contributed by atoms with Crippen LogP contribution in [0.2, 0.25) is 0 Å². The van der Waals surface area contributed by atoms with Crippen molar-refractivity contribution in [3.05, 3.63) is 65.6 Å². The average molecular weight is 308 g/mol. The van der Waals surface area contributed by atoms with E-state index in [9.17, 15) is 14.4 Å². The number of fused-ring (bicyclic) bond motifs is 2. The summed E-state index contributed by atoms with van der Waals surface area (Å²) in [6, 6.07) is 9.35. The van der Waals surface area contributed by atoms with Crippen LogP contribution in [-0.4, -0.2) is 37.4 Å². The number of rotatable bonds is 2. The van der Waals surface area contributed by atoms with Gasteiger partial charge in [-0.25, -0.2) is 4.79 Å². The summed E-state index contributed by atoms with van der Waals surface area (Å²) in [6.07, 6.45) is 3.09. The van der Waals surface area contributed by atoms with E-state index >= 15 is 0 Å². The van der Waals surface area contributed by atoms with Gasteiger partial charge in [0.05, 0.1) is 11.1 Å². The van der Waals surface area contributed by atoms with Crippen molar-refractivity contribution in [2.75, 3.05) is 0 Å². The second-order valence-electron chi connectivity index (χ2n) is 4.81. The molecule has 0 saturated heterocycles. The SMILES string of the molecule is O=C(ON1C(=O)c2ccccc2C1=O)c1cccn2cnnc12. The maximum Gasteiger partial charge on any atom is 0.367 e. The summed E-state index contributed by atoms with van der Waals surface area (Å²) in [5.41, 5.74) is 0.771. The first-order chi connectivity index (χ1) is 11.2. The smallest absolute Gasteiger partial charge is 0.324 e. The van der Waals surface area contributed by atoms with Crippen LogP contribution in [0.15, 0.2) is 48.9 Å². The fraction of sp³-hybridized carbons (Fsp3) is 0. The molecule has 1 aliphatic heterocycles. The van der Waals surface area contributed by atoms with Gasteiger partial charge in [0.1, 0.15) is 11.9 Å². The number of carbonyl (C=O) groups excluding carboxylic acids is 3. The molecule has 0 saturated carbocycles. The highest BCUT2D eigenvalue weighted by atomic mass is 16.7. The summed E-state index contributed by atoms with van der Waals surface area (Å²) in [4.78, 5) is 41.7.